The van der Waals surface area contributed by atoms with Gasteiger partial charge in [-0.1, -0.05) is 69.7 Å². The largest absolute Gasteiger partial charge is 0.467 e. The molecule has 0 spiro atoms. The second kappa shape index (κ2) is 12.3. The molecule has 0 saturated heterocycles. The smallest absolute Gasteiger partial charge is 0.328 e. The van der Waals surface area contributed by atoms with Crippen LogP contribution >= 0.6 is 0 Å². The molecule has 35 heavy (non-hydrogen) atoms. The fraction of sp³-hybridized carbons (Fsp3) is 0.607. The van der Waals surface area contributed by atoms with Gasteiger partial charge in [-0.15, -0.1) is 0 Å². The minimum atomic E-state index is -1.42. The molecular weight excluding hydrogens is 444 g/mol. The highest BCUT2D eigenvalue weighted by Crippen LogP contribution is 2.40. The normalized spacial score (nSPS) is 23.0. The van der Waals surface area contributed by atoms with E-state index in [0.29, 0.717) is 19.3 Å². The van der Waals surface area contributed by atoms with Gasteiger partial charge in [-0.05, 0) is 43.6 Å². The minimum absolute atomic E-state index is 0.220. The number of aliphatic hydroxyl groups excluding tert-OH is 1. The average Bonchev–Trinajstić information content (AvgIpc) is 2.93. The Morgan fingerprint density at radius 2 is 1.77 bits per heavy atom. The SMILES string of the molecule is COC(=O)[C@@H](NC(=O)[C@@](NC(C)=O)(C(C)C)C1CCC(C)=CC(Cc2ccccc2)C1O)C(C)C. The van der Waals surface area contributed by atoms with Crippen molar-refractivity contribution < 1.29 is 24.2 Å². The maximum Gasteiger partial charge on any atom is 0.328 e. The van der Waals surface area contributed by atoms with Gasteiger partial charge >= 0.3 is 5.97 Å². The molecule has 2 amide bonds. The first kappa shape index (κ1) is 28.6. The van der Waals surface area contributed by atoms with E-state index in [1.807, 2.05) is 65.0 Å². The predicted molar refractivity (Wildman–Crippen MR) is 136 cm³/mol. The van der Waals surface area contributed by atoms with Crippen LogP contribution in [-0.4, -0.2) is 47.7 Å². The highest BCUT2D eigenvalue weighted by Gasteiger charge is 2.53. The Morgan fingerprint density at radius 3 is 2.29 bits per heavy atom. The van der Waals surface area contributed by atoms with Crippen molar-refractivity contribution in [1.82, 2.24) is 10.6 Å². The lowest BCUT2D eigenvalue weighted by Crippen LogP contribution is -2.69. The molecule has 0 aromatic heterocycles. The van der Waals surface area contributed by atoms with Crippen molar-refractivity contribution >= 4 is 17.8 Å². The van der Waals surface area contributed by atoms with Gasteiger partial charge in [0.1, 0.15) is 11.6 Å². The van der Waals surface area contributed by atoms with Gasteiger partial charge in [-0.2, -0.15) is 0 Å². The quantitative estimate of drug-likeness (QED) is 0.367. The Balaban J connectivity index is 2.54. The zero-order valence-corrected chi connectivity index (χ0v) is 22.1. The number of amides is 2. The van der Waals surface area contributed by atoms with Crippen molar-refractivity contribution in [2.75, 3.05) is 7.11 Å². The van der Waals surface area contributed by atoms with Crippen LogP contribution in [0.2, 0.25) is 0 Å². The van der Waals surface area contributed by atoms with E-state index >= 15 is 0 Å². The van der Waals surface area contributed by atoms with Crippen molar-refractivity contribution in [3.05, 3.63) is 47.5 Å². The maximum absolute atomic E-state index is 14.0. The van der Waals surface area contributed by atoms with Crippen molar-refractivity contribution in [2.24, 2.45) is 23.7 Å². The van der Waals surface area contributed by atoms with Gasteiger partial charge in [0.2, 0.25) is 11.8 Å². The molecule has 5 atom stereocenters. The van der Waals surface area contributed by atoms with Crippen LogP contribution in [0.3, 0.4) is 0 Å². The van der Waals surface area contributed by atoms with Crippen LogP contribution in [0, 0.1) is 23.7 Å². The van der Waals surface area contributed by atoms with E-state index in [-0.39, 0.29) is 23.7 Å². The van der Waals surface area contributed by atoms with Crippen molar-refractivity contribution in [2.45, 2.75) is 78.5 Å². The first-order valence-electron chi connectivity index (χ1n) is 12.5. The number of carbonyl (C=O) groups excluding carboxylic acids is 3. The first-order chi connectivity index (χ1) is 16.4. The second-order valence-corrected chi connectivity index (χ2v) is 10.4. The van der Waals surface area contributed by atoms with Crippen molar-refractivity contribution in [1.29, 1.82) is 0 Å². The molecular formula is C28H42N2O5. The molecule has 1 aliphatic rings. The second-order valence-electron chi connectivity index (χ2n) is 10.4. The summed E-state index contributed by atoms with van der Waals surface area (Å²) in [4.78, 5) is 38.9. The zero-order chi connectivity index (χ0) is 26.3. The number of ether oxygens (including phenoxy) is 1. The fourth-order valence-electron chi connectivity index (χ4n) is 5.29. The van der Waals surface area contributed by atoms with E-state index in [2.05, 4.69) is 16.7 Å². The number of nitrogens with one attached hydrogen (secondary N) is 2. The predicted octanol–water partition coefficient (Wildman–Crippen LogP) is 3.41. The number of allylic oxidation sites excluding steroid dienone is 1. The lowest BCUT2D eigenvalue weighted by Gasteiger charge is -2.46. The van der Waals surface area contributed by atoms with Gasteiger partial charge in [-0.3, -0.25) is 9.59 Å². The van der Waals surface area contributed by atoms with Crippen LogP contribution in [-0.2, 0) is 25.5 Å². The molecule has 194 valence electrons. The molecule has 3 N–H and O–H groups in total. The number of rotatable bonds is 9. The van der Waals surface area contributed by atoms with Gasteiger partial charge in [0.15, 0.2) is 0 Å². The molecule has 2 rings (SSSR count). The number of carbonyl (C=O) groups is 3. The summed E-state index contributed by atoms with van der Waals surface area (Å²) >= 11 is 0. The summed E-state index contributed by atoms with van der Waals surface area (Å²) in [6, 6.07) is 9.06. The number of hydrogen-bond donors (Lipinski definition) is 3. The third-order valence-corrected chi connectivity index (χ3v) is 7.18. The first-order valence-corrected chi connectivity index (χ1v) is 12.5. The molecule has 0 radical (unpaired) electrons. The van der Waals surface area contributed by atoms with E-state index in [1.165, 1.54) is 14.0 Å². The Morgan fingerprint density at radius 1 is 1.14 bits per heavy atom. The monoisotopic (exact) mass is 486 g/mol. The summed E-state index contributed by atoms with van der Waals surface area (Å²) in [6.07, 6.45) is 3.04. The average molecular weight is 487 g/mol. The van der Waals surface area contributed by atoms with Gasteiger partial charge in [0.05, 0.1) is 13.2 Å². The number of esters is 1. The highest BCUT2D eigenvalue weighted by molar-refractivity contribution is 5.94. The van der Waals surface area contributed by atoms with Gasteiger partial charge < -0.3 is 20.5 Å². The molecule has 7 nitrogen and oxygen atoms in total. The van der Waals surface area contributed by atoms with Crippen LogP contribution in [0.15, 0.2) is 42.0 Å². The van der Waals surface area contributed by atoms with Crippen LogP contribution in [0.25, 0.3) is 0 Å². The summed E-state index contributed by atoms with van der Waals surface area (Å²) in [5.41, 5.74) is 0.814. The molecule has 0 bridgehead atoms. The zero-order valence-electron chi connectivity index (χ0n) is 22.1. The molecule has 0 aliphatic heterocycles. The number of hydrogen-bond acceptors (Lipinski definition) is 5. The summed E-state index contributed by atoms with van der Waals surface area (Å²) in [7, 11) is 1.28. The summed E-state index contributed by atoms with van der Waals surface area (Å²) in [5, 5.41) is 17.6. The summed E-state index contributed by atoms with van der Waals surface area (Å²) in [5.74, 6) is -2.77. The molecule has 7 heteroatoms. The molecule has 1 aliphatic carbocycles. The molecule has 1 aromatic carbocycles. The fourth-order valence-corrected chi connectivity index (χ4v) is 5.29. The third kappa shape index (κ3) is 6.72. The lowest BCUT2D eigenvalue weighted by atomic mass is 9.67. The summed E-state index contributed by atoms with van der Waals surface area (Å²) in [6.45, 7) is 10.8. The molecule has 0 heterocycles. The Hall–Kier alpha value is -2.67. The molecule has 0 fully saturated rings. The standard InChI is InChI=1S/C28H42N2O5/c1-17(2)24(26(33)35-7)29-27(34)28(18(3)4,30-20(6)31)23-14-13-19(5)15-22(25(23)32)16-21-11-9-8-10-12-21/h8-12,15,17-18,22-25,32H,13-14,16H2,1-7H3,(H,29,34)(H,30,31)/t22?,23?,24-,25?,28+/m0/s1. The van der Waals surface area contributed by atoms with E-state index < -0.39 is 35.5 Å². The van der Waals surface area contributed by atoms with E-state index in [9.17, 15) is 19.5 Å². The number of aliphatic hydroxyl groups is 1. The third-order valence-electron chi connectivity index (χ3n) is 7.18. The summed E-state index contributed by atoms with van der Waals surface area (Å²) < 4.78 is 4.91. The lowest BCUT2D eigenvalue weighted by molar-refractivity contribution is -0.150. The Bertz CT molecular complexity index is 911. The molecule has 0 saturated carbocycles. The van der Waals surface area contributed by atoms with Gasteiger partial charge in [0.25, 0.3) is 0 Å². The maximum atomic E-state index is 14.0. The number of benzene rings is 1. The van der Waals surface area contributed by atoms with Crippen LogP contribution < -0.4 is 10.6 Å². The molecule has 3 unspecified atom stereocenters. The van der Waals surface area contributed by atoms with Gasteiger partial charge in [0, 0.05) is 18.8 Å². The Kier molecular flexibility index (Phi) is 10.1. The van der Waals surface area contributed by atoms with Gasteiger partial charge in [-0.25, -0.2) is 4.79 Å². The Labute approximate surface area is 209 Å². The van der Waals surface area contributed by atoms with E-state index in [4.69, 9.17) is 4.74 Å². The van der Waals surface area contributed by atoms with Crippen LogP contribution in [0.1, 0.15) is 59.9 Å². The van der Waals surface area contributed by atoms with Crippen molar-refractivity contribution in [3.63, 3.8) is 0 Å². The molecule has 1 aromatic rings. The van der Waals surface area contributed by atoms with E-state index in [0.717, 1.165) is 11.1 Å². The number of methoxy groups -OCH3 is 1. The van der Waals surface area contributed by atoms with Crippen LogP contribution in [0.4, 0.5) is 0 Å². The highest BCUT2D eigenvalue weighted by atomic mass is 16.5. The van der Waals surface area contributed by atoms with Crippen LogP contribution in [0.5, 0.6) is 0 Å². The minimum Gasteiger partial charge on any atom is -0.467 e. The van der Waals surface area contributed by atoms with Crippen molar-refractivity contribution in [3.8, 4) is 0 Å². The van der Waals surface area contributed by atoms with E-state index in [1.54, 1.807) is 0 Å². The topological polar surface area (TPSA) is 105 Å².